The largest absolute Gasteiger partial charge is 0.504 e. The highest BCUT2D eigenvalue weighted by atomic mass is 16.6. The second-order valence-corrected chi connectivity index (χ2v) is 9.92. The van der Waals surface area contributed by atoms with Gasteiger partial charge in [-0.05, 0) is 44.1 Å². The van der Waals surface area contributed by atoms with Crippen LogP contribution in [-0.4, -0.2) is 87.6 Å². The summed E-state index contributed by atoms with van der Waals surface area (Å²) >= 11 is 0. The Morgan fingerprint density at radius 3 is 2.46 bits per heavy atom. The molecule has 2 bridgehead atoms. The Labute approximate surface area is 211 Å². The number of aliphatic hydroxyl groups is 1. The molecule has 0 aromatic heterocycles. The Morgan fingerprint density at radius 2 is 1.81 bits per heavy atom. The average molecular weight is 517 g/mol. The van der Waals surface area contributed by atoms with E-state index in [1.165, 1.54) is 12.1 Å². The topological polar surface area (TPSA) is 169 Å². The number of carbonyl (C=O) groups is 4. The predicted octanol–water partition coefficient (Wildman–Crippen LogP) is 0.161. The van der Waals surface area contributed by atoms with E-state index < -0.39 is 53.2 Å². The van der Waals surface area contributed by atoms with Gasteiger partial charge in [0.1, 0.15) is 5.76 Å². The van der Waals surface area contributed by atoms with Gasteiger partial charge in [0.2, 0.25) is 12.2 Å². The molecule has 198 valence electrons. The summed E-state index contributed by atoms with van der Waals surface area (Å²) in [6.45, 7) is 2.52. The van der Waals surface area contributed by atoms with Crippen molar-refractivity contribution in [1.82, 2.24) is 4.90 Å². The zero-order chi connectivity index (χ0) is 26.9. The lowest BCUT2D eigenvalue weighted by Gasteiger charge is -2.61. The molecule has 0 saturated carbocycles. The second-order valence-electron chi connectivity index (χ2n) is 9.92. The van der Waals surface area contributed by atoms with Crippen molar-refractivity contribution in [3.63, 3.8) is 0 Å². The molecule has 12 heteroatoms. The van der Waals surface area contributed by atoms with E-state index in [4.69, 9.17) is 18.9 Å². The first-order valence-electron chi connectivity index (χ1n) is 11.8. The zero-order valence-corrected chi connectivity index (χ0v) is 20.4. The second kappa shape index (κ2) is 8.45. The van der Waals surface area contributed by atoms with Crippen LogP contribution >= 0.6 is 0 Å². The summed E-state index contributed by atoms with van der Waals surface area (Å²) < 4.78 is 21.4. The first-order valence-corrected chi connectivity index (χ1v) is 11.8. The predicted molar refractivity (Wildman–Crippen MR) is 121 cm³/mol. The number of phenolic OH excluding ortho intramolecular Hbond substituents is 1. The minimum absolute atomic E-state index is 0.0226. The molecule has 1 aromatic carbocycles. The standard InChI is InChI=1S/C25H27NO11/c1-11(27)34-19(22(30)31)20(35-12(2)28)23(32)36-15-6-7-25(33)16-10-13-4-5-14(29)18-17(13)24(25,21(15)37-18)8-9-26(16)3/h4-6,16,19-21,29,33H,7-10H2,1-3H3,(H,30,31)/t16-,19+,20+,21-,24-,25+/m0/s1. The third-order valence-electron chi connectivity index (χ3n) is 7.91. The van der Waals surface area contributed by atoms with E-state index in [2.05, 4.69) is 4.90 Å². The molecule has 2 aliphatic heterocycles. The molecule has 1 saturated heterocycles. The molecule has 6 atom stereocenters. The minimum atomic E-state index is -2.15. The SMILES string of the molecule is CC(=O)O[C@@H](C(=O)O)[C@@H](OC(C)=O)C(=O)OC1=CC[C@@]2(O)[C@@H]3Cc4ccc(O)c5c4[C@@]2(CCN3C)[C@H]1O5. The van der Waals surface area contributed by atoms with Crippen molar-refractivity contribution in [2.75, 3.05) is 13.6 Å². The summed E-state index contributed by atoms with van der Waals surface area (Å²) in [5, 5.41) is 32.2. The van der Waals surface area contributed by atoms with Gasteiger partial charge in [0.25, 0.3) is 0 Å². The molecule has 37 heavy (non-hydrogen) atoms. The highest BCUT2D eigenvalue weighted by Crippen LogP contribution is 2.65. The summed E-state index contributed by atoms with van der Waals surface area (Å²) in [4.78, 5) is 50.1. The number of benzene rings is 1. The number of aliphatic carboxylic acids is 1. The smallest absolute Gasteiger partial charge is 0.357 e. The number of carboxylic acid groups (broad SMARTS) is 1. The van der Waals surface area contributed by atoms with Crippen molar-refractivity contribution >= 4 is 23.9 Å². The third kappa shape index (κ3) is 3.50. The van der Waals surface area contributed by atoms with Crippen LogP contribution in [0.5, 0.6) is 11.5 Å². The van der Waals surface area contributed by atoms with Gasteiger partial charge in [-0.15, -0.1) is 0 Å². The summed E-state index contributed by atoms with van der Waals surface area (Å²) in [5.41, 5.74) is -0.771. The van der Waals surface area contributed by atoms with Gasteiger partial charge in [-0.25, -0.2) is 9.59 Å². The summed E-state index contributed by atoms with van der Waals surface area (Å²) in [6.07, 6.45) is -2.72. The van der Waals surface area contributed by atoms with Crippen LogP contribution in [0.4, 0.5) is 0 Å². The summed E-state index contributed by atoms with van der Waals surface area (Å²) in [7, 11) is 1.93. The van der Waals surface area contributed by atoms with Crippen molar-refractivity contribution in [1.29, 1.82) is 0 Å². The van der Waals surface area contributed by atoms with E-state index in [1.54, 1.807) is 6.07 Å². The first kappa shape index (κ1) is 25.0. The van der Waals surface area contributed by atoms with Crippen LogP contribution in [0.1, 0.15) is 37.8 Å². The summed E-state index contributed by atoms with van der Waals surface area (Å²) in [6, 6.07) is 3.05. The molecule has 4 aliphatic rings. The first-order chi connectivity index (χ1) is 17.4. The van der Waals surface area contributed by atoms with Crippen LogP contribution < -0.4 is 4.74 Å². The van der Waals surface area contributed by atoms with Gasteiger partial charge >= 0.3 is 23.9 Å². The van der Waals surface area contributed by atoms with Gasteiger partial charge in [-0.1, -0.05) is 6.07 Å². The average Bonchev–Trinajstić information content (AvgIpc) is 3.17. The fourth-order valence-electron chi connectivity index (χ4n) is 6.44. The maximum atomic E-state index is 13.2. The monoisotopic (exact) mass is 517 g/mol. The Morgan fingerprint density at radius 1 is 1.14 bits per heavy atom. The lowest BCUT2D eigenvalue weighted by molar-refractivity contribution is -0.190. The molecule has 2 heterocycles. The number of carboxylic acids is 1. The van der Waals surface area contributed by atoms with Crippen LogP contribution in [0.25, 0.3) is 0 Å². The van der Waals surface area contributed by atoms with Crippen LogP contribution in [0.2, 0.25) is 0 Å². The fourth-order valence-corrected chi connectivity index (χ4v) is 6.44. The maximum absolute atomic E-state index is 13.2. The van der Waals surface area contributed by atoms with Crippen molar-refractivity contribution in [3.05, 3.63) is 35.1 Å². The number of phenols is 1. The van der Waals surface area contributed by atoms with Crippen molar-refractivity contribution in [3.8, 4) is 11.5 Å². The molecule has 5 rings (SSSR count). The molecule has 3 N–H and O–H groups in total. The quantitative estimate of drug-likeness (QED) is 0.346. The molecular weight excluding hydrogens is 490 g/mol. The number of ether oxygens (including phenoxy) is 4. The van der Waals surface area contributed by atoms with E-state index in [9.17, 15) is 34.5 Å². The highest BCUT2D eigenvalue weighted by molar-refractivity contribution is 5.88. The lowest BCUT2D eigenvalue weighted by atomic mass is 9.50. The van der Waals surface area contributed by atoms with Gasteiger partial charge in [0.05, 0.1) is 11.0 Å². The number of hydrogen-bond donors (Lipinski definition) is 3. The van der Waals surface area contributed by atoms with Crippen LogP contribution in [0.3, 0.4) is 0 Å². The molecule has 12 nitrogen and oxygen atoms in total. The number of carbonyl (C=O) groups excluding carboxylic acids is 3. The molecule has 0 amide bonds. The fraction of sp³-hybridized carbons (Fsp3) is 0.520. The molecule has 1 aromatic rings. The normalized spacial score (nSPS) is 30.6. The number of rotatable bonds is 6. The molecule has 2 aliphatic carbocycles. The number of hydrogen-bond acceptors (Lipinski definition) is 11. The van der Waals surface area contributed by atoms with Crippen LogP contribution in [0, 0.1) is 0 Å². The Kier molecular flexibility index (Phi) is 5.72. The minimum Gasteiger partial charge on any atom is -0.504 e. The summed E-state index contributed by atoms with van der Waals surface area (Å²) in [5.74, 6) is -4.94. The molecular formula is C25H27NO11. The molecule has 1 spiro atoms. The number of likely N-dealkylation sites (N-methyl/N-ethyl adjacent to an activating group) is 1. The van der Waals surface area contributed by atoms with Gasteiger partial charge in [-0.2, -0.15) is 0 Å². The van der Waals surface area contributed by atoms with Crippen LogP contribution in [0.15, 0.2) is 24.0 Å². The Hall–Kier alpha value is -3.64. The number of nitrogens with zero attached hydrogens (tertiary/aromatic N) is 1. The zero-order valence-electron chi connectivity index (χ0n) is 20.4. The van der Waals surface area contributed by atoms with Gasteiger partial charge < -0.3 is 39.2 Å². The lowest BCUT2D eigenvalue weighted by Crippen LogP contribution is -2.74. The van der Waals surface area contributed by atoms with Gasteiger partial charge in [0.15, 0.2) is 17.6 Å². The Balaban J connectivity index is 1.55. The van der Waals surface area contributed by atoms with E-state index in [0.29, 0.717) is 24.9 Å². The van der Waals surface area contributed by atoms with Crippen LogP contribution in [-0.2, 0) is 45.2 Å². The maximum Gasteiger partial charge on any atom is 0.357 e. The van der Waals surface area contributed by atoms with Crippen molar-refractivity contribution in [2.24, 2.45) is 0 Å². The Bertz CT molecular complexity index is 1240. The third-order valence-corrected chi connectivity index (χ3v) is 7.91. The van der Waals surface area contributed by atoms with Gasteiger partial charge in [-0.3, -0.25) is 9.59 Å². The molecule has 0 unspecified atom stereocenters. The van der Waals surface area contributed by atoms with Crippen molar-refractivity contribution in [2.45, 2.75) is 68.5 Å². The number of piperidine rings is 1. The highest BCUT2D eigenvalue weighted by Gasteiger charge is 2.72. The van der Waals surface area contributed by atoms with Gasteiger partial charge in [0, 0.05) is 31.9 Å². The number of aromatic hydroxyl groups is 1. The van der Waals surface area contributed by atoms with E-state index >= 15 is 0 Å². The van der Waals surface area contributed by atoms with E-state index in [1.807, 2.05) is 7.05 Å². The number of likely N-dealkylation sites (tertiary alicyclic amines) is 1. The van der Waals surface area contributed by atoms with E-state index in [0.717, 1.165) is 19.4 Å². The number of esters is 3. The van der Waals surface area contributed by atoms with Crippen molar-refractivity contribution < 1.29 is 53.4 Å². The van der Waals surface area contributed by atoms with E-state index in [-0.39, 0.29) is 29.7 Å². The molecule has 1 fully saturated rings. The molecule has 0 radical (unpaired) electrons.